The molecule has 0 atom stereocenters. The zero-order chi connectivity index (χ0) is 20.1. The van der Waals surface area contributed by atoms with Gasteiger partial charge in [0.2, 0.25) is 0 Å². The molecule has 27 heavy (non-hydrogen) atoms. The Labute approximate surface area is 164 Å². The zero-order valence-electron chi connectivity index (χ0n) is 14.5. The van der Waals surface area contributed by atoms with E-state index in [-0.39, 0.29) is 51.4 Å². The van der Waals surface area contributed by atoms with Crippen molar-refractivity contribution in [3.8, 4) is 11.5 Å². The predicted molar refractivity (Wildman–Crippen MR) is 103 cm³/mol. The Morgan fingerprint density at radius 1 is 1.37 bits per heavy atom. The van der Waals surface area contributed by atoms with E-state index in [1.807, 2.05) is 0 Å². The minimum Gasteiger partial charge on any atom is -0.493 e. The van der Waals surface area contributed by atoms with Gasteiger partial charge in [0.05, 0.1) is 35.7 Å². The molecule has 0 radical (unpaired) electrons. The van der Waals surface area contributed by atoms with Crippen LogP contribution in [0.3, 0.4) is 0 Å². The third-order valence-corrected chi connectivity index (χ3v) is 5.04. The van der Waals surface area contributed by atoms with Gasteiger partial charge < -0.3 is 14.6 Å². The Balaban J connectivity index is 2.35. The van der Waals surface area contributed by atoms with Crippen molar-refractivity contribution in [1.29, 1.82) is 0 Å². The van der Waals surface area contributed by atoms with Crippen LogP contribution in [-0.2, 0) is 9.59 Å². The number of thiocarbonyl (C=S) groups is 1. The predicted octanol–water partition coefficient (Wildman–Crippen LogP) is 2.68. The smallest absolute Gasteiger partial charge is 0.303 e. The maximum absolute atomic E-state index is 12.5. The number of carboxylic acids is 1. The molecule has 1 amide bonds. The van der Waals surface area contributed by atoms with Crippen molar-refractivity contribution in [3.63, 3.8) is 0 Å². The van der Waals surface area contributed by atoms with Gasteiger partial charge in [-0.25, -0.2) is 0 Å². The molecule has 1 saturated heterocycles. The summed E-state index contributed by atoms with van der Waals surface area (Å²) in [7, 11) is 2.76. The minimum absolute atomic E-state index is 0.0861. The molecule has 2 rings (SSSR count). The highest BCUT2D eigenvalue weighted by Gasteiger charge is 2.32. The van der Waals surface area contributed by atoms with Crippen LogP contribution >= 0.6 is 24.0 Å². The summed E-state index contributed by atoms with van der Waals surface area (Å²) in [6, 6.07) is 2.63. The number of benzene rings is 1. The van der Waals surface area contributed by atoms with Crippen LogP contribution in [0.4, 0.5) is 5.69 Å². The molecule has 9 nitrogen and oxygen atoms in total. The van der Waals surface area contributed by atoms with Gasteiger partial charge in [0.25, 0.3) is 11.6 Å². The lowest BCUT2D eigenvalue weighted by molar-refractivity contribution is -0.385. The standard InChI is InChI=1S/C16H16N2O7S2/c1-24-11-6-9(10(18(22)23)8-12(11)25-2)7-13-15(21)17(16(26)27-13)5-3-4-14(19)20/h6-8H,3-5H2,1-2H3,(H,19,20)/b13-7-. The van der Waals surface area contributed by atoms with Gasteiger partial charge in [0.1, 0.15) is 4.32 Å². The Morgan fingerprint density at radius 3 is 2.56 bits per heavy atom. The number of thioether (sulfide) groups is 1. The fourth-order valence-corrected chi connectivity index (χ4v) is 3.68. The third kappa shape index (κ3) is 4.74. The van der Waals surface area contributed by atoms with E-state index < -0.39 is 16.8 Å². The van der Waals surface area contributed by atoms with Crippen LogP contribution in [0.1, 0.15) is 18.4 Å². The van der Waals surface area contributed by atoms with E-state index in [2.05, 4.69) is 0 Å². The average molecular weight is 412 g/mol. The highest BCUT2D eigenvalue weighted by Crippen LogP contribution is 2.38. The lowest BCUT2D eigenvalue weighted by Crippen LogP contribution is -2.29. The Hall–Kier alpha value is -2.66. The van der Waals surface area contributed by atoms with Crippen LogP contribution in [0, 0.1) is 10.1 Å². The molecule has 1 heterocycles. The second kappa shape index (κ2) is 8.82. The van der Waals surface area contributed by atoms with Crippen molar-refractivity contribution in [2.75, 3.05) is 20.8 Å². The van der Waals surface area contributed by atoms with E-state index >= 15 is 0 Å². The molecular formula is C16H16N2O7S2. The average Bonchev–Trinajstić information content (AvgIpc) is 2.88. The van der Waals surface area contributed by atoms with E-state index in [0.717, 1.165) is 11.8 Å². The third-order valence-electron chi connectivity index (χ3n) is 3.66. The van der Waals surface area contributed by atoms with Gasteiger partial charge in [0.15, 0.2) is 11.5 Å². The number of hydrogen-bond donors (Lipinski definition) is 1. The van der Waals surface area contributed by atoms with Crippen molar-refractivity contribution in [2.45, 2.75) is 12.8 Å². The first kappa shape index (κ1) is 20.6. The first-order valence-corrected chi connectivity index (χ1v) is 8.88. The summed E-state index contributed by atoms with van der Waals surface area (Å²) in [6.45, 7) is 0.169. The summed E-state index contributed by atoms with van der Waals surface area (Å²) >= 11 is 6.17. The number of hydrogen-bond acceptors (Lipinski definition) is 8. The monoisotopic (exact) mass is 412 g/mol. The fourth-order valence-electron chi connectivity index (χ4n) is 2.38. The topological polar surface area (TPSA) is 119 Å². The van der Waals surface area contributed by atoms with Crippen molar-refractivity contribution in [3.05, 3.63) is 32.7 Å². The quantitative estimate of drug-likeness (QED) is 0.297. The Bertz CT molecular complexity index is 838. The van der Waals surface area contributed by atoms with Gasteiger partial charge >= 0.3 is 5.97 Å². The molecule has 1 fully saturated rings. The lowest BCUT2D eigenvalue weighted by atomic mass is 10.1. The number of amides is 1. The number of aliphatic carboxylic acids is 1. The van der Waals surface area contributed by atoms with Gasteiger partial charge in [-0.15, -0.1) is 0 Å². The number of methoxy groups -OCH3 is 2. The second-order valence-electron chi connectivity index (χ2n) is 5.35. The normalized spacial score (nSPS) is 15.3. The summed E-state index contributed by atoms with van der Waals surface area (Å²) in [6.07, 6.45) is 1.54. The molecule has 1 aliphatic heterocycles. The summed E-state index contributed by atoms with van der Waals surface area (Å²) in [4.78, 5) is 35.4. The number of carbonyl (C=O) groups is 2. The van der Waals surface area contributed by atoms with Gasteiger partial charge in [0, 0.05) is 13.0 Å². The maximum Gasteiger partial charge on any atom is 0.303 e. The molecule has 0 aliphatic carbocycles. The molecule has 0 bridgehead atoms. The SMILES string of the molecule is COc1cc(/C=C2\SC(=S)N(CCCC(=O)O)C2=O)c([N+](=O)[O-])cc1OC. The fraction of sp³-hybridized carbons (Fsp3) is 0.312. The van der Waals surface area contributed by atoms with Crippen LogP contribution in [0.2, 0.25) is 0 Å². The first-order valence-electron chi connectivity index (χ1n) is 7.66. The molecule has 144 valence electrons. The van der Waals surface area contributed by atoms with Gasteiger partial charge in [-0.05, 0) is 18.6 Å². The number of ether oxygens (including phenoxy) is 2. The van der Waals surface area contributed by atoms with Gasteiger partial charge in [-0.3, -0.25) is 24.6 Å². The van der Waals surface area contributed by atoms with Crippen LogP contribution in [0.5, 0.6) is 11.5 Å². The number of nitro benzene ring substituents is 1. The van der Waals surface area contributed by atoms with Crippen LogP contribution in [-0.4, -0.2) is 51.9 Å². The summed E-state index contributed by atoms with van der Waals surface area (Å²) < 4.78 is 10.5. The van der Waals surface area contributed by atoms with Gasteiger partial charge in [-0.2, -0.15) is 0 Å². The highest BCUT2D eigenvalue weighted by atomic mass is 32.2. The molecule has 1 aromatic carbocycles. The zero-order valence-corrected chi connectivity index (χ0v) is 16.1. The molecule has 0 saturated carbocycles. The van der Waals surface area contributed by atoms with Crippen molar-refractivity contribution < 1.29 is 29.1 Å². The van der Waals surface area contributed by atoms with E-state index in [0.29, 0.717) is 0 Å². The molecule has 1 N–H and O–H groups in total. The van der Waals surface area contributed by atoms with Crippen LogP contribution < -0.4 is 9.47 Å². The molecule has 0 unspecified atom stereocenters. The molecule has 0 spiro atoms. The highest BCUT2D eigenvalue weighted by molar-refractivity contribution is 8.26. The molecule has 1 aromatic rings. The lowest BCUT2D eigenvalue weighted by Gasteiger charge is -2.13. The Morgan fingerprint density at radius 2 is 2.00 bits per heavy atom. The van der Waals surface area contributed by atoms with Crippen molar-refractivity contribution in [1.82, 2.24) is 4.90 Å². The molecule has 0 aromatic heterocycles. The van der Waals surface area contributed by atoms with E-state index in [1.165, 1.54) is 37.3 Å². The first-order chi connectivity index (χ1) is 12.8. The number of rotatable bonds is 8. The number of nitro groups is 1. The van der Waals surface area contributed by atoms with E-state index in [1.54, 1.807) is 0 Å². The summed E-state index contributed by atoms with van der Waals surface area (Å²) in [5, 5.41) is 20.1. The molecular weight excluding hydrogens is 396 g/mol. The summed E-state index contributed by atoms with van der Waals surface area (Å²) in [5.74, 6) is -0.898. The van der Waals surface area contributed by atoms with Crippen molar-refractivity contribution in [2.24, 2.45) is 0 Å². The van der Waals surface area contributed by atoms with E-state index in [4.69, 9.17) is 26.8 Å². The molecule has 11 heteroatoms. The van der Waals surface area contributed by atoms with Crippen molar-refractivity contribution >= 4 is 51.9 Å². The van der Waals surface area contributed by atoms with Crippen LogP contribution in [0.25, 0.3) is 6.08 Å². The Kier molecular flexibility index (Phi) is 6.75. The largest absolute Gasteiger partial charge is 0.493 e. The molecule has 1 aliphatic rings. The maximum atomic E-state index is 12.5. The van der Waals surface area contributed by atoms with Crippen LogP contribution in [0.15, 0.2) is 17.0 Å². The number of nitrogens with zero attached hydrogens (tertiary/aromatic N) is 2. The summed E-state index contributed by atoms with van der Waals surface area (Å²) in [5.41, 5.74) is -0.0764. The van der Waals surface area contributed by atoms with Gasteiger partial charge in [-0.1, -0.05) is 24.0 Å². The number of carboxylic acid groups (broad SMARTS) is 1. The van der Waals surface area contributed by atoms with E-state index in [9.17, 15) is 19.7 Å². The minimum atomic E-state index is -0.961. The number of carbonyl (C=O) groups excluding carboxylic acids is 1. The second-order valence-corrected chi connectivity index (χ2v) is 7.03.